The molecule has 11 heteroatoms. The number of benzene rings is 1. The lowest BCUT2D eigenvalue weighted by Gasteiger charge is -2.20. The Labute approximate surface area is 148 Å². The number of ether oxygens (including phenoxy) is 3. The van der Waals surface area contributed by atoms with Crippen molar-refractivity contribution in [3.63, 3.8) is 0 Å². The molecule has 0 radical (unpaired) electrons. The third-order valence-corrected chi connectivity index (χ3v) is 3.26. The Hall–Kier alpha value is -3.37. The molecular formula is C15H19N3O8. The number of imide groups is 1. The van der Waals surface area contributed by atoms with Gasteiger partial charge in [0.05, 0.1) is 25.2 Å². The largest absolute Gasteiger partial charge is 0.493 e. The minimum Gasteiger partial charge on any atom is -0.493 e. The minimum atomic E-state index is -1.39. The Kier molecular flexibility index (Phi) is 6.88. The van der Waals surface area contributed by atoms with Crippen LogP contribution in [0.2, 0.25) is 0 Å². The lowest BCUT2D eigenvalue weighted by atomic mass is 10.1. The Bertz CT molecular complexity index is 732. The van der Waals surface area contributed by atoms with Gasteiger partial charge in [-0.1, -0.05) is 13.8 Å². The van der Waals surface area contributed by atoms with Crippen molar-refractivity contribution in [1.29, 1.82) is 0 Å². The van der Waals surface area contributed by atoms with Crippen molar-refractivity contribution < 1.29 is 33.5 Å². The van der Waals surface area contributed by atoms with E-state index >= 15 is 0 Å². The summed E-state index contributed by atoms with van der Waals surface area (Å²) >= 11 is 0. The molecule has 0 heterocycles. The molecule has 0 bridgehead atoms. The average Bonchev–Trinajstić information content (AvgIpc) is 2.56. The van der Waals surface area contributed by atoms with Crippen molar-refractivity contribution in [3.05, 3.63) is 27.8 Å². The van der Waals surface area contributed by atoms with E-state index in [-0.39, 0.29) is 11.5 Å². The van der Waals surface area contributed by atoms with E-state index in [2.05, 4.69) is 0 Å². The van der Waals surface area contributed by atoms with Crippen LogP contribution < -0.4 is 20.5 Å². The third kappa shape index (κ3) is 4.82. The standard InChI is InChI=1S/C15H19N3O8/c1-7(2)12(13(19)17-15(16)21)26-14(20)8-5-10(24-3)11(25-4)6-9(8)18(22)23/h5-7,12H,1-4H3,(H3,16,17,19,21)/t12-/m0/s1. The summed E-state index contributed by atoms with van der Waals surface area (Å²) in [6.07, 6.45) is -1.39. The molecule has 1 rings (SSSR count). The van der Waals surface area contributed by atoms with Crippen molar-refractivity contribution in [3.8, 4) is 11.5 Å². The first-order valence-corrected chi connectivity index (χ1v) is 7.34. The monoisotopic (exact) mass is 369 g/mol. The van der Waals surface area contributed by atoms with Crippen molar-refractivity contribution in [2.45, 2.75) is 20.0 Å². The molecule has 0 aliphatic rings. The predicted molar refractivity (Wildman–Crippen MR) is 88.0 cm³/mol. The Morgan fingerprint density at radius 2 is 1.69 bits per heavy atom. The minimum absolute atomic E-state index is 0.0441. The molecule has 3 amide bonds. The predicted octanol–water partition coefficient (Wildman–Crippen LogP) is 0.988. The summed E-state index contributed by atoms with van der Waals surface area (Å²) in [4.78, 5) is 45.6. The maximum absolute atomic E-state index is 12.4. The first-order valence-electron chi connectivity index (χ1n) is 7.34. The van der Waals surface area contributed by atoms with Crippen molar-refractivity contribution in [1.82, 2.24) is 5.32 Å². The molecule has 142 valence electrons. The van der Waals surface area contributed by atoms with Crippen LogP contribution in [0.3, 0.4) is 0 Å². The zero-order chi connectivity index (χ0) is 20.0. The van der Waals surface area contributed by atoms with E-state index in [1.165, 1.54) is 14.2 Å². The SMILES string of the molecule is COc1cc(C(=O)O[C@H](C(=O)NC(N)=O)C(C)C)c([N+](=O)[O-])cc1OC. The average molecular weight is 369 g/mol. The van der Waals surface area contributed by atoms with Crippen LogP contribution in [0, 0.1) is 16.0 Å². The van der Waals surface area contributed by atoms with Gasteiger partial charge >= 0.3 is 12.0 Å². The molecular weight excluding hydrogens is 350 g/mol. The summed E-state index contributed by atoms with van der Waals surface area (Å²) in [7, 11) is 2.57. The van der Waals surface area contributed by atoms with Crippen molar-refractivity contribution in [2.24, 2.45) is 11.7 Å². The number of methoxy groups -OCH3 is 2. The van der Waals surface area contributed by atoms with Gasteiger partial charge in [-0.3, -0.25) is 20.2 Å². The third-order valence-electron chi connectivity index (χ3n) is 3.26. The van der Waals surface area contributed by atoms with Crippen LogP contribution in [0.5, 0.6) is 11.5 Å². The fourth-order valence-electron chi connectivity index (χ4n) is 2.05. The number of esters is 1. The highest BCUT2D eigenvalue weighted by molar-refractivity contribution is 5.99. The quantitative estimate of drug-likeness (QED) is 0.408. The van der Waals surface area contributed by atoms with Gasteiger partial charge in [0, 0.05) is 6.07 Å². The highest BCUT2D eigenvalue weighted by Crippen LogP contribution is 2.35. The van der Waals surface area contributed by atoms with E-state index in [0.29, 0.717) is 0 Å². The second kappa shape index (κ2) is 8.65. The van der Waals surface area contributed by atoms with E-state index in [0.717, 1.165) is 12.1 Å². The van der Waals surface area contributed by atoms with E-state index in [9.17, 15) is 24.5 Å². The molecule has 0 spiro atoms. The van der Waals surface area contributed by atoms with Crippen LogP contribution in [-0.4, -0.2) is 43.2 Å². The van der Waals surface area contributed by atoms with Crippen LogP contribution in [-0.2, 0) is 9.53 Å². The fourth-order valence-corrected chi connectivity index (χ4v) is 2.05. The van der Waals surface area contributed by atoms with Gasteiger partial charge in [0.2, 0.25) is 0 Å². The van der Waals surface area contributed by atoms with Crippen LogP contribution in [0.1, 0.15) is 24.2 Å². The summed E-state index contributed by atoms with van der Waals surface area (Å²) in [5, 5.41) is 13.1. The molecule has 1 atom stereocenters. The zero-order valence-corrected chi connectivity index (χ0v) is 14.6. The van der Waals surface area contributed by atoms with Crippen LogP contribution in [0.25, 0.3) is 0 Å². The number of rotatable bonds is 7. The molecule has 3 N–H and O–H groups in total. The van der Waals surface area contributed by atoms with E-state index < -0.39 is 46.1 Å². The molecule has 0 saturated heterocycles. The molecule has 0 aromatic heterocycles. The van der Waals surface area contributed by atoms with Gasteiger partial charge in [0.25, 0.3) is 11.6 Å². The van der Waals surface area contributed by atoms with Crippen molar-refractivity contribution in [2.75, 3.05) is 14.2 Å². The maximum atomic E-state index is 12.4. The lowest BCUT2D eigenvalue weighted by molar-refractivity contribution is -0.385. The number of carbonyl (C=O) groups excluding carboxylic acids is 3. The highest BCUT2D eigenvalue weighted by Gasteiger charge is 2.32. The van der Waals surface area contributed by atoms with Gasteiger partial charge in [-0.25, -0.2) is 9.59 Å². The summed E-state index contributed by atoms with van der Waals surface area (Å²) in [5.41, 5.74) is 3.84. The van der Waals surface area contributed by atoms with Gasteiger partial charge in [0.1, 0.15) is 5.56 Å². The first kappa shape index (κ1) is 20.7. The van der Waals surface area contributed by atoms with Crippen LogP contribution in [0.4, 0.5) is 10.5 Å². The normalized spacial score (nSPS) is 11.4. The smallest absolute Gasteiger partial charge is 0.346 e. The number of urea groups is 1. The number of hydrogen-bond acceptors (Lipinski definition) is 8. The zero-order valence-electron chi connectivity index (χ0n) is 14.6. The second-order valence-electron chi connectivity index (χ2n) is 5.40. The lowest BCUT2D eigenvalue weighted by Crippen LogP contribution is -2.45. The number of amides is 3. The van der Waals surface area contributed by atoms with Gasteiger partial charge in [-0.2, -0.15) is 0 Å². The summed E-state index contributed by atoms with van der Waals surface area (Å²) < 4.78 is 15.0. The summed E-state index contributed by atoms with van der Waals surface area (Å²) in [5.74, 6) is -2.51. The molecule has 1 aromatic rings. The number of carbonyl (C=O) groups is 3. The Morgan fingerprint density at radius 1 is 1.15 bits per heavy atom. The molecule has 0 fully saturated rings. The number of hydrogen-bond donors (Lipinski definition) is 2. The highest BCUT2D eigenvalue weighted by atomic mass is 16.6. The number of nitrogens with two attached hydrogens (primary N) is 1. The first-order chi connectivity index (χ1) is 12.1. The number of nitro benzene ring substituents is 1. The number of nitrogens with zero attached hydrogens (tertiary/aromatic N) is 1. The van der Waals surface area contributed by atoms with E-state index in [1.54, 1.807) is 19.2 Å². The number of primary amides is 1. The number of nitrogens with one attached hydrogen (secondary N) is 1. The summed E-state index contributed by atoms with van der Waals surface area (Å²) in [6, 6.07) is 0.959. The van der Waals surface area contributed by atoms with Crippen LogP contribution >= 0.6 is 0 Å². The van der Waals surface area contributed by atoms with Gasteiger partial charge in [-0.15, -0.1) is 0 Å². The summed E-state index contributed by atoms with van der Waals surface area (Å²) in [6.45, 7) is 3.11. The van der Waals surface area contributed by atoms with Crippen LogP contribution in [0.15, 0.2) is 12.1 Å². The Morgan fingerprint density at radius 3 is 2.12 bits per heavy atom. The molecule has 0 aliphatic carbocycles. The van der Waals surface area contributed by atoms with Crippen molar-refractivity contribution >= 4 is 23.6 Å². The fraction of sp³-hybridized carbons (Fsp3) is 0.400. The molecule has 1 aromatic carbocycles. The molecule has 26 heavy (non-hydrogen) atoms. The van der Waals surface area contributed by atoms with Gasteiger partial charge in [-0.05, 0) is 5.92 Å². The molecule has 0 saturated carbocycles. The molecule has 0 unspecified atom stereocenters. The number of nitro groups is 1. The maximum Gasteiger partial charge on any atom is 0.346 e. The van der Waals surface area contributed by atoms with Gasteiger partial charge in [0.15, 0.2) is 17.6 Å². The molecule has 11 nitrogen and oxygen atoms in total. The van der Waals surface area contributed by atoms with E-state index in [4.69, 9.17) is 19.9 Å². The van der Waals surface area contributed by atoms with E-state index in [1.807, 2.05) is 0 Å². The second-order valence-corrected chi connectivity index (χ2v) is 5.40. The van der Waals surface area contributed by atoms with Gasteiger partial charge < -0.3 is 19.9 Å². The molecule has 0 aliphatic heterocycles. The Balaban J connectivity index is 3.27. The topological polar surface area (TPSA) is 160 Å².